The number of rotatable bonds is 5. The highest BCUT2D eigenvalue weighted by molar-refractivity contribution is 6.30. The number of methoxy groups -OCH3 is 1. The number of carbonyl (C=O) groups is 2. The molecule has 1 unspecified atom stereocenters. The van der Waals surface area contributed by atoms with E-state index in [9.17, 15) is 14.7 Å². The van der Waals surface area contributed by atoms with E-state index in [-0.39, 0.29) is 18.4 Å². The third-order valence-electron chi connectivity index (χ3n) is 5.21. The number of hydrazone groups is 2. The molecular formula is C23H22N4O4. The normalized spacial score (nSPS) is 19.9. The zero-order chi connectivity index (χ0) is 22.1. The number of hydrogen-bond acceptors (Lipinski definition) is 6. The molecule has 8 nitrogen and oxygen atoms in total. The summed E-state index contributed by atoms with van der Waals surface area (Å²) in [6.45, 7) is 3.36. The lowest BCUT2D eigenvalue weighted by molar-refractivity contribution is -0.118. The van der Waals surface area contributed by atoms with E-state index in [4.69, 9.17) is 4.74 Å². The predicted octanol–water partition coefficient (Wildman–Crippen LogP) is 2.88. The van der Waals surface area contributed by atoms with Crippen LogP contribution in [0.3, 0.4) is 0 Å². The van der Waals surface area contributed by atoms with Crippen molar-refractivity contribution in [2.75, 3.05) is 17.1 Å². The second kappa shape index (κ2) is 8.16. The van der Waals surface area contributed by atoms with Crippen LogP contribution in [0.4, 0.5) is 11.4 Å². The molecule has 2 aromatic carbocycles. The van der Waals surface area contributed by atoms with Gasteiger partial charge < -0.3 is 9.84 Å². The maximum Gasteiger partial charge on any atom is 0.280 e. The monoisotopic (exact) mass is 418 g/mol. The Hall–Kier alpha value is -3.78. The van der Waals surface area contributed by atoms with E-state index in [1.807, 2.05) is 0 Å². The Morgan fingerprint density at radius 1 is 1.03 bits per heavy atom. The van der Waals surface area contributed by atoms with Crippen LogP contribution in [0.25, 0.3) is 0 Å². The summed E-state index contributed by atoms with van der Waals surface area (Å²) in [6.07, 6.45) is 1.62. The number of amides is 2. The molecule has 0 radical (unpaired) electrons. The number of hydrogen-bond donors (Lipinski definition) is 1. The van der Waals surface area contributed by atoms with Crippen molar-refractivity contribution in [3.8, 4) is 5.75 Å². The van der Waals surface area contributed by atoms with Crippen molar-refractivity contribution in [1.82, 2.24) is 0 Å². The van der Waals surface area contributed by atoms with Crippen molar-refractivity contribution in [1.29, 1.82) is 0 Å². The van der Waals surface area contributed by atoms with Crippen LogP contribution in [-0.2, 0) is 16.2 Å². The molecule has 8 heteroatoms. The molecule has 2 aliphatic rings. The number of carbonyl (C=O) groups excluding carboxylic acids is 2. The first-order valence-corrected chi connectivity index (χ1v) is 9.77. The Morgan fingerprint density at radius 3 is 2.45 bits per heavy atom. The van der Waals surface area contributed by atoms with Gasteiger partial charge in [0.15, 0.2) is 0 Å². The molecule has 0 saturated carbocycles. The Labute approximate surface area is 179 Å². The predicted molar refractivity (Wildman–Crippen MR) is 118 cm³/mol. The van der Waals surface area contributed by atoms with Gasteiger partial charge in [-0.15, -0.1) is 0 Å². The summed E-state index contributed by atoms with van der Waals surface area (Å²) in [5, 5.41) is 20.7. The summed E-state index contributed by atoms with van der Waals surface area (Å²) < 4.78 is 5.23. The van der Waals surface area contributed by atoms with Crippen LogP contribution < -0.4 is 14.8 Å². The molecule has 0 bridgehead atoms. The van der Waals surface area contributed by atoms with Gasteiger partial charge in [-0.2, -0.15) is 20.2 Å². The lowest BCUT2D eigenvalue weighted by Crippen LogP contribution is -2.27. The molecule has 0 saturated heterocycles. The van der Waals surface area contributed by atoms with Gasteiger partial charge in [0.05, 0.1) is 48.0 Å². The van der Waals surface area contributed by atoms with Crippen molar-refractivity contribution >= 4 is 34.6 Å². The fraction of sp³-hybridized carbons (Fsp3) is 0.217. The molecule has 2 amide bonds. The van der Waals surface area contributed by atoms with Crippen molar-refractivity contribution < 1.29 is 19.4 Å². The smallest absolute Gasteiger partial charge is 0.280 e. The average Bonchev–Trinajstić information content (AvgIpc) is 3.24. The molecule has 2 aliphatic heterocycles. The van der Waals surface area contributed by atoms with E-state index >= 15 is 0 Å². The Kier molecular flexibility index (Phi) is 5.39. The first kappa shape index (κ1) is 20.5. The van der Waals surface area contributed by atoms with Gasteiger partial charge in [0.2, 0.25) is 0 Å². The van der Waals surface area contributed by atoms with Gasteiger partial charge >= 0.3 is 0 Å². The first-order chi connectivity index (χ1) is 14.9. The van der Waals surface area contributed by atoms with Crippen molar-refractivity contribution in [2.24, 2.45) is 16.1 Å². The molecule has 2 aromatic rings. The summed E-state index contributed by atoms with van der Waals surface area (Å²) in [5.41, 5.74) is 3.29. The molecule has 1 atom stereocenters. The summed E-state index contributed by atoms with van der Waals surface area (Å²) >= 11 is 0. The van der Waals surface area contributed by atoms with Gasteiger partial charge in [0.25, 0.3) is 11.8 Å². The quantitative estimate of drug-likeness (QED) is 0.756. The third kappa shape index (κ3) is 3.73. The summed E-state index contributed by atoms with van der Waals surface area (Å²) in [5.74, 6) is -0.634. The van der Waals surface area contributed by atoms with Crippen LogP contribution in [0.5, 0.6) is 5.75 Å². The molecular weight excluding hydrogens is 396 g/mol. The van der Waals surface area contributed by atoms with Crippen molar-refractivity contribution in [2.45, 2.75) is 20.5 Å². The van der Waals surface area contributed by atoms with Crippen LogP contribution in [-0.4, -0.2) is 35.5 Å². The van der Waals surface area contributed by atoms with E-state index in [1.54, 1.807) is 75.6 Å². The summed E-state index contributed by atoms with van der Waals surface area (Å²) in [6, 6.07) is 14.0. The van der Waals surface area contributed by atoms with Crippen LogP contribution in [0, 0.1) is 5.92 Å². The van der Waals surface area contributed by atoms with Gasteiger partial charge in [-0.3, -0.25) is 9.59 Å². The molecule has 0 fully saturated rings. The Morgan fingerprint density at radius 2 is 1.74 bits per heavy atom. The topological polar surface area (TPSA) is 94.8 Å². The van der Waals surface area contributed by atoms with Crippen LogP contribution in [0.15, 0.2) is 70.4 Å². The molecule has 31 heavy (non-hydrogen) atoms. The SMILES string of the molecule is COc1cccc(N2N=C(C)/C(=C/C3C(=O)N(c4cccc(CO)c4)N=C3C)C2=O)c1. The maximum atomic E-state index is 13.1. The van der Waals surface area contributed by atoms with Gasteiger partial charge in [0.1, 0.15) is 5.75 Å². The standard InChI is InChI=1S/C23H22N4O4/c1-14-20(22(29)26(24-14)17-7-4-6-16(10-17)13-28)12-21-15(2)25-27(23(21)30)18-8-5-9-19(11-18)31-3/h4-12,20,28H,13H2,1-3H3/b21-12-. The molecule has 0 spiro atoms. The van der Waals surface area contributed by atoms with Crippen LogP contribution in [0.2, 0.25) is 0 Å². The second-order valence-corrected chi connectivity index (χ2v) is 7.28. The molecule has 1 N–H and O–H groups in total. The Balaban J connectivity index is 1.61. The molecule has 0 aromatic heterocycles. The molecule has 2 heterocycles. The highest BCUT2D eigenvalue weighted by atomic mass is 16.5. The second-order valence-electron chi connectivity index (χ2n) is 7.28. The molecule has 4 rings (SSSR count). The lowest BCUT2D eigenvalue weighted by Gasteiger charge is -2.14. The average molecular weight is 418 g/mol. The highest BCUT2D eigenvalue weighted by Gasteiger charge is 2.36. The number of aliphatic hydroxyl groups excluding tert-OH is 1. The molecule has 0 aliphatic carbocycles. The minimum atomic E-state index is -0.674. The number of nitrogens with zero attached hydrogens (tertiary/aromatic N) is 4. The minimum absolute atomic E-state index is 0.129. The number of benzene rings is 2. The summed E-state index contributed by atoms with van der Waals surface area (Å²) in [7, 11) is 1.56. The third-order valence-corrected chi connectivity index (χ3v) is 5.21. The van der Waals surface area contributed by atoms with Crippen LogP contribution in [0.1, 0.15) is 19.4 Å². The van der Waals surface area contributed by atoms with E-state index < -0.39 is 5.92 Å². The zero-order valence-corrected chi connectivity index (χ0v) is 17.4. The van der Waals surface area contributed by atoms with E-state index in [0.29, 0.717) is 39.7 Å². The van der Waals surface area contributed by atoms with Crippen LogP contribution >= 0.6 is 0 Å². The van der Waals surface area contributed by atoms with Gasteiger partial charge in [-0.1, -0.05) is 24.3 Å². The fourth-order valence-electron chi connectivity index (χ4n) is 3.54. The Bertz CT molecular complexity index is 1150. The lowest BCUT2D eigenvalue weighted by atomic mass is 9.98. The van der Waals surface area contributed by atoms with Crippen molar-refractivity contribution in [3.63, 3.8) is 0 Å². The number of aliphatic hydroxyl groups is 1. The van der Waals surface area contributed by atoms with Gasteiger partial charge in [-0.05, 0) is 43.7 Å². The minimum Gasteiger partial charge on any atom is -0.497 e. The van der Waals surface area contributed by atoms with E-state index in [1.165, 1.54) is 10.0 Å². The fourth-order valence-corrected chi connectivity index (χ4v) is 3.54. The first-order valence-electron chi connectivity index (χ1n) is 9.77. The molecule has 158 valence electrons. The van der Waals surface area contributed by atoms with E-state index in [0.717, 1.165) is 0 Å². The maximum absolute atomic E-state index is 13.1. The largest absolute Gasteiger partial charge is 0.497 e. The number of ether oxygens (including phenoxy) is 1. The highest BCUT2D eigenvalue weighted by Crippen LogP contribution is 2.30. The number of anilines is 2. The van der Waals surface area contributed by atoms with E-state index in [2.05, 4.69) is 10.2 Å². The van der Waals surface area contributed by atoms with Crippen molar-refractivity contribution in [3.05, 3.63) is 65.7 Å². The van der Waals surface area contributed by atoms with Gasteiger partial charge in [-0.25, -0.2) is 0 Å². The summed E-state index contributed by atoms with van der Waals surface area (Å²) in [4.78, 5) is 26.1. The zero-order valence-electron chi connectivity index (χ0n) is 17.4. The van der Waals surface area contributed by atoms with Gasteiger partial charge in [0, 0.05) is 6.07 Å².